The number of rotatable bonds is 4. The van der Waals surface area contributed by atoms with Gasteiger partial charge in [-0.1, -0.05) is 11.6 Å². The molecule has 2 N–H and O–H groups in total. The molecule has 22 heavy (non-hydrogen) atoms. The van der Waals surface area contributed by atoms with Crippen molar-refractivity contribution in [3.63, 3.8) is 0 Å². The van der Waals surface area contributed by atoms with Gasteiger partial charge in [0.25, 0.3) is 5.91 Å². The van der Waals surface area contributed by atoms with Gasteiger partial charge in [-0.25, -0.2) is 4.39 Å². The third-order valence-corrected chi connectivity index (χ3v) is 4.02. The molecule has 2 aromatic rings. The van der Waals surface area contributed by atoms with E-state index in [9.17, 15) is 14.3 Å². The summed E-state index contributed by atoms with van der Waals surface area (Å²) in [6.45, 7) is 0.429. The molecule has 0 saturated heterocycles. The molecule has 0 radical (unpaired) electrons. The summed E-state index contributed by atoms with van der Waals surface area (Å²) in [6, 6.07) is 7.28. The lowest BCUT2D eigenvalue weighted by molar-refractivity contribution is 0.0908. The number of benzene rings is 1. The monoisotopic (exact) mass is 304 g/mol. The van der Waals surface area contributed by atoms with Crippen LogP contribution in [-0.4, -0.2) is 28.8 Å². The molecule has 1 heterocycles. The van der Waals surface area contributed by atoms with Gasteiger partial charge in [-0.2, -0.15) is 0 Å². The van der Waals surface area contributed by atoms with Crippen LogP contribution in [0.25, 0.3) is 11.3 Å². The number of nitrogens with zero attached hydrogens (tertiary/aromatic N) is 1. The molecule has 1 aromatic heterocycles. The van der Waals surface area contributed by atoms with Gasteiger partial charge < -0.3 is 14.9 Å². The Morgan fingerprint density at radius 1 is 1.36 bits per heavy atom. The normalized spacial score (nSPS) is 21.0. The number of halogens is 1. The Balaban J connectivity index is 1.63. The van der Waals surface area contributed by atoms with Gasteiger partial charge in [0.05, 0.1) is 6.10 Å². The van der Waals surface area contributed by atoms with Gasteiger partial charge >= 0.3 is 0 Å². The zero-order valence-electron chi connectivity index (χ0n) is 12.0. The molecule has 116 valence electrons. The van der Waals surface area contributed by atoms with Gasteiger partial charge in [0, 0.05) is 24.1 Å². The molecule has 2 unspecified atom stereocenters. The van der Waals surface area contributed by atoms with Crippen molar-refractivity contribution < 1.29 is 18.8 Å². The Kier molecular flexibility index (Phi) is 4.20. The minimum absolute atomic E-state index is 0.104. The molecular formula is C16H17FN2O3. The molecule has 1 fully saturated rings. The van der Waals surface area contributed by atoms with E-state index in [1.165, 1.54) is 18.2 Å². The number of nitrogens with one attached hydrogen (secondary N) is 1. The summed E-state index contributed by atoms with van der Waals surface area (Å²) in [5.41, 5.74) is 0.825. The minimum Gasteiger partial charge on any atom is -0.393 e. The first-order valence-corrected chi connectivity index (χ1v) is 7.32. The highest BCUT2D eigenvalue weighted by Gasteiger charge is 2.26. The smallest absolute Gasteiger partial charge is 0.273 e. The fourth-order valence-electron chi connectivity index (χ4n) is 2.70. The highest BCUT2D eigenvalue weighted by Crippen LogP contribution is 2.25. The standard InChI is InChI=1S/C16H17FN2O3/c17-12-6-4-10(5-7-12)15-8-13(19-22-15)16(21)18-9-11-2-1-3-14(11)20/h4-8,11,14,20H,1-3,9H2,(H,18,21). The number of aliphatic hydroxyl groups is 1. The van der Waals surface area contributed by atoms with Crippen LogP contribution in [0.5, 0.6) is 0 Å². The molecule has 3 rings (SSSR count). The third kappa shape index (κ3) is 3.17. The fourth-order valence-corrected chi connectivity index (χ4v) is 2.70. The third-order valence-electron chi connectivity index (χ3n) is 4.02. The van der Waals surface area contributed by atoms with Crippen molar-refractivity contribution in [1.82, 2.24) is 10.5 Å². The second-order valence-corrected chi connectivity index (χ2v) is 5.55. The van der Waals surface area contributed by atoms with Crippen LogP contribution < -0.4 is 5.32 Å². The van der Waals surface area contributed by atoms with Crippen molar-refractivity contribution >= 4 is 5.91 Å². The molecule has 1 amide bonds. The molecule has 0 bridgehead atoms. The first-order valence-electron chi connectivity index (χ1n) is 7.32. The fraction of sp³-hybridized carbons (Fsp3) is 0.375. The second-order valence-electron chi connectivity index (χ2n) is 5.55. The van der Waals surface area contributed by atoms with Gasteiger partial charge in [0.1, 0.15) is 5.82 Å². The zero-order chi connectivity index (χ0) is 15.5. The van der Waals surface area contributed by atoms with Crippen LogP contribution in [0, 0.1) is 11.7 Å². The molecule has 1 aliphatic rings. The summed E-state index contributed by atoms with van der Waals surface area (Å²) < 4.78 is 18.0. The Morgan fingerprint density at radius 2 is 2.14 bits per heavy atom. The van der Waals surface area contributed by atoms with Crippen LogP contribution >= 0.6 is 0 Å². The van der Waals surface area contributed by atoms with Crippen LogP contribution in [-0.2, 0) is 0 Å². The summed E-state index contributed by atoms with van der Waals surface area (Å²) in [5.74, 6) is -0.161. The number of hydrogen-bond acceptors (Lipinski definition) is 4. The van der Waals surface area contributed by atoms with E-state index in [0.717, 1.165) is 19.3 Å². The Hall–Kier alpha value is -2.21. The Morgan fingerprint density at radius 3 is 2.82 bits per heavy atom. The number of amides is 1. The quantitative estimate of drug-likeness (QED) is 0.909. The summed E-state index contributed by atoms with van der Waals surface area (Å²) >= 11 is 0. The Bertz CT molecular complexity index is 654. The van der Waals surface area contributed by atoms with Gasteiger partial charge in [-0.3, -0.25) is 4.79 Å². The van der Waals surface area contributed by atoms with Crippen LogP contribution in [0.2, 0.25) is 0 Å². The van der Waals surface area contributed by atoms with Crippen LogP contribution in [0.4, 0.5) is 4.39 Å². The van der Waals surface area contributed by atoms with Crippen molar-refractivity contribution in [2.24, 2.45) is 5.92 Å². The number of aliphatic hydroxyl groups excluding tert-OH is 1. The van der Waals surface area contributed by atoms with Crippen molar-refractivity contribution in [3.05, 3.63) is 41.8 Å². The van der Waals surface area contributed by atoms with Gasteiger partial charge in [0.2, 0.25) is 0 Å². The van der Waals surface area contributed by atoms with Gasteiger partial charge in [-0.05, 0) is 37.1 Å². The lowest BCUT2D eigenvalue weighted by atomic mass is 10.1. The molecule has 0 aliphatic heterocycles. The predicted molar refractivity (Wildman–Crippen MR) is 77.6 cm³/mol. The summed E-state index contributed by atoms with van der Waals surface area (Å²) in [7, 11) is 0. The highest BCUT2D eigenvalue weighted by molar-refractivity contribution is 5.93. The topological polar surface area (TPSA) is 75.4 Å². The molecule has 0 spiro atoms. The average Bonchev–Trinajstić information content (AvgIpc) is 3.15. The van der Waals surface area contributed by atoms with E-state index in [1.807, 2.05) is 0 Å². The Labute approximate surface area is 127 Å². The lowest BCUT2D eigenvalue weighted by Crippen LogP contribution is -2.32. The molecule has 1 aromatic carbocycles. The zero-order valence-corrected chi connectivity index (χ0v) is 12.0. The van der Waals surface area contributed by atoms with E-state index < -0.39 is 0 Å². The number of hydrogen-bond donors (Lipinski definition) is 2. The van der Waals surface area contributed by atoms with E-state index in [-0.39, 0.29) is 29.4 Å². The molecule has 5 nitrogen and oxygen atoms in total. The van der Waals surface area contributed by atoms with Crippen LogP contribution in [0.3, 0.4) is 0 Å². The maximum Gasteiger partial charge on any atom is 0.273 e. The van der Waals surface area contributed by atoms with E-state index in [4.69, 9.17) is 4.52 Å². The second kappa shape index (κ2) is 6.27. The number of carbonyl (C=O) groups is 1. The maximum absolute atomic E-state index is 12.9. The van der Waals surface area contributed by atoms with Gasteiger partial charge in [0.15, 0.2) is 11.5 Å². The molecule has 1 saturated carbocycles. The maximum atomic E-state index is 12.9. The van der Waals surface area contributed by atoms with Crippen molar-refractivity contribution in [2.45, 2.75) is 25.4 Å². The molecule has 6 heteroatoms. The predicted octanol–water partition coefficient (Wildman–Crippen LogP) is 2.37. The first kappa shape index (κ1) is 14.7. The van der Waals surface area contributed by atoms with E-state index in [1.54, 1.807) is 12.1 Å². The summed E-state index contributed by atoms with van der Waals surface area (Å²) in [4.78, 5) is 12.0. The first-order chi connectivity index (χ1) is 10.6. The van der Waals surface area contributed by atoms with Crippen molar-refractivity contribution in [3.8, 4) is 11.3 Å². The molecule has 1 aliphatic carbocycles. The lowest BCUT2D eigenvalue weighted by Gasteiger charge is -2.14. The van der Waals surface area contributed by atoms with Gasteiger partial charge in [-0.15, -0.1) is 0 Å². The SMILES string of the molecule is O=C(NCC1CCCC1O)c1cc(-c2ccc(F)cc2)on1. The summed E-state index contributed by atoms with van der Waals surface area (Å²) in [6.07, 6.45) is 2.35. The highest BCUT2D eigenvalue weighted by atomic mass is 19.1. The van der Waals surface area contributed by atoms with E-state index in [0.29, 0.717) is 17.9 Å². The van der Waals surface area contributed by atoms with Crippen molar-refractivity contribution in [2.75, 3.05) is 6.54 Å². The average molecular weight is 304 g/mol. The van der Waals surface area contributed by atoms with Crippen LogP contribution in [0.1, 0.15) is 29.8 Å². The molecular weight excluding hydrogens is 287 g/mol. The largest absolute Gasteiger partial charge is 0.393 e. The van der Waals surface area contributed by atoms with Crippen molar-refractivity contribution in [1.29, 1.82) is 0 Å². The molecule has 2 atom stereocenters. The summed E-state index contributed by atoms with van der Waals surface area (Å²) in [5, 5.41) is 16.2. The van der Waals surface area contributed by atoms with Crippen LogP contribution in [0.15, 0.2) is 34.9 Å². The number of carbonyl (C=O) groups excluding carboxylic acids is 1. The van der Waals surface area contributed by atoms with E-state index >= 15 is 0 Å². The minimum atomic E-state index is -0.340. The number of aromatic nitrogens is 1. The van der Waals surface area contributed by atoms with E-state index in [2.05, 4.69) is 10.5 Å².